The number of hydrogen-bond acceptors (Lipinski definition) is 5. The zero-order valence-corrected chi connectivity index (χ0v) is 10.7. The maximum Gasteiger partial charge on any atom is 0.130 e. The number of rotatable bonds is 2. The Hall–Kier alpha value is -1.04. The van der Waals surface area contributed by atoms with E-state index in [0.29, 0.717) is 6.54 Å². The summed E-state index contributed by atoms with van der Waals surface area (Å²) in [7, 11) is 0. The van der Waals surface area contributed by atoms with Crippen molar-refractivity contribution in [2.24, 2.45) is 10.7 Å². The third-order valence-corrected chi connectivity index (χ3v) is 4.35. The Morgan fingerprint density at radius 2 is 2.47 bits per heavy atom. The summed E-state index contributed by atoms with van der Waals surface area (Å²) in [5.41, 5.74) is 8.95. The summed E-state index contributed by atoms with van der Waals surface area (Å²) in [5.74, 6) is 0. The van der Waals surface area contributed by atoms with Crippen molar-refractivity contribution >= 4 is 23.1 Å². The highest BCUT2D eigenvalue weighted by Gasteiger charge is 2.36. The van der Waals surface area contributed by atoms with Gasteiger partial charge in [0.15, 0.2) is 0 Å². The maximum absolute atomic E-state index is 5.60. The quantitative estimate of drug-likeness (QED) is 0.834. The molecule has 0 spiro atoms. The van der Waals surface area contributed by atoms with Crippen molar-refractivity contribution in [2.75, 3.05) is 6.54 Å². The van der Waals surface area contributed by atoms with Crippen LogP contribution in [0.5, 0.6) is 0 Å². The van der Waals surface area contributed by atoms with E-state index in [0.717, 1.165) is 23.7 Å². The van der Waals surface area contributed by atoms with E-state index in [1.165, 1.54) is 17.6 Å². The number of hydrogen-bond donors (Lipinski definition) is 2. The second kappa shape index (κ2) is 4.01. The molecule has 3 heterocycles. The van der Waals surface area contributed by atoms with Crippen molar-refractivity contribution in [1.82, 2.24) is 10.3 Å². The Morgan fingerprint density at radius 3 is 3.24 bits per heavy atom. The van der Waals surface area contributed by atoms with E-state index in [4.69, 9.17) is 5.73 Å². The molecule has 3 rings (SSSR count). The average molecular weight is 248 g/mol. The predicted molar refractivity (Wildman–Crippen MR) is 71.1 cm³/mol. The molecule has 0 bridgehead atoms. The molecule has 1 aromatic rings. The highest BCUT2D eigenvalue weighted by molar-refractivity contribution is 7.11. The first-order valence-electron chi connectivity index (χ1n) is 5.92. The van der Waals surface area contributed by atoms with E-state index < -0.39 is 0 Å². The van der Waals surface area contributed by atoms with Gasteiger partial charge in [-0.3, -0.25) is 10.3 Å². The van der Waals surface area contributed by atoms with E-state index >= 15 is 0 Å². The van der Waals surface area contributed by atoms with E-state index in [1.807, 2.05) is 11.6 Å². The maximum atomic E-state index is 5.60. The summed E-state index contributed by atoms with van der Waals surface area (Å²) in [6, 6.07) is 0. The first-order valence-corrected chi connectivity index (χ1v) is 6.79. The van der Waals surface area contributed by atoms with Crippen molar-refractivity contribution in [2.45, 2.75) is 32.0 Å². The fourth-order valence-electron chi connectivity index (χ4n) is 2.45. The van der Waals surface area contributed by atoms with Crippen LogP contribution in [0.3, 0.4) is 0 Å². The number of nitrogens with zero attached hydrogens (tertiary/aromatic N) is 2. The standard InChI is InChI=1S/C12H16N4S/c1-12-10(3-2-4-14-12)9(6-15-12)11-16-8(5-13)7-17-11/h6-7,14H,2-5,13H2,1H3. The van der Waals surface area contributed by atoms with Gasteiger partial charge in [0.05, 0.1) is 5.69 Å². The van der Waals surface area contributed by atoms with Gasteiger partial charge in [0.1, 0.15) is 10.7 Å². The number of aliphatic imine (C=N–C) groups is 1. The molecule has 1 unspecified atom stereocenters. The topological polar surface area (TPSA) is 63.3 Å². The first kappa shape index (κ1) is 11.1. The van der Waals surface area contributed by atoms with E-state index in [-0.39, 0.29) is 5.66 Å². The Balaban J connectivity index is 2.02. The van der Waals surface area contributed by atoms with Gasteiger partial charge in [0.25, 0.3) is 0 Å². The lowest BCUT2D eigenvalue weighted by atomic mass is 9.91. The van der Waals surface area contributed by atoms with Gasteiger partial charge in [0, 0.05) is 23.7 Å². The van der Waals surface area contributed by atoms with E-state index in [2.05, 4.69) is 22.2 Å². The summed E-state index contributed by atoms with van der Waals surface area (Å²) >= 11 is 1.66. The monoisotopic (exact) mass is 248 g/mol. The normalized spacial score (nSPS) is 27.6. The molecule has 1 atom stereocenters. The molecular weight excluding hydrogens is 232 g/mol. The molecule has 0 radical (unpaired) electrons. The van der Waals surface area contributed by atoms with E-state index in [1.54, 1.807) is 11.3 Å². The summed E-state index contributed by atoms with van der Waals surface area (Å²) in [6.07, 6.45) is 4.25. The fourth-order valence-corrected chi connectivity index (χ4v) is 3.32. The highest BCUT2D eigenvalue weighted by atomic mass is 32.1. The number of nitrogens with two attached hydrogens (primary N) is 1. The predicted octanol–water partition coefficient (Wildman–Crippen LogP) is 1.54. The van der Waals surface area contributed by atoms with Gasteiger partial charge < -0.3 is 5.73 Å². The minimum Gasteiger partial charge on any atom is -0.325 e. The summed E-state index contributed by atoms with van der Waals surface area (Å²) in [6.45, 7) is 3.69. The summed E-state index contributed by atoms with van der Waals surface area (Å²) < 4.78 is 0. The van der Waals surface area contributed by atoms with Crippen LogP contribution in [0.4, 0.5) is 0 Å². The Bertz CT molecular complexity index is 502. The second-order valence-electron chi connectivity index (χ2n) is 4.60. The van der Waals surface area contributed by atoms with Gasteiger partial charge in [-0.1, -0.05) is 0 Å². The van der Waals surface area contributed by atoms with Crippen LogP contribution in [0.15, 0.2) is 15.9 Å². The van der Waals surface area contributed by atoms with Crippen LogP contribution in [0.2, 0.25) is 0 Å². The summed E-state index contributed by atoms with van der Waals surface area (Å²) in [5, 5.41) is 6.56. The van der Waals surface area contributed by atoms with Crippen molar-refractivity contribution in [1.29, 1.82) is 0 Å². The van der Waals surface area contributed by atoms with Gasteiger partial charge in [-0.25, -0.2) is 4.98 Å². The molecule has 0 aliphatic carbocycles. The molecule has 0 saturated carbocycles. The molecule has 0 amide bonds. The van der Waals surface area contributed by atoms with Crippen molar-refractivity contribution in [3.63, 3.8) is 0 Å². The highest BCUT2D eigenvalue weighted by Crippen LogP contribution is 2.38. The number of aromatic nitrogens is 1. The third kappa shape index (κ3) is 1.74. The third-order valence-electron chi connectivity index (χ3n) is 3.43. The summed E-state index contributed by atoms with van der Waals surface area (Å²) in [4.78, 5) is 9.16. The molecule has 5 heteroatoms. The molecule has 4 nitrogen and oxygen atoms in total. The lowest BCUT2D eigenvalue weighted by Crippen LogP contribution is -2.44. The van der Waals surface area contributed by atoms with Crippen LogP contribution in [0.25, 0.3) is 5.57 Å². The molecule has 0 aromatic carbocycles. The SMILES string of the molecule is CC12N=CC(c3nc(CN)cs3)=C1CCCN2. The smallest absolute Gasteiger partial charge is 0.130 e. The Morgan fingerprint density at radius 1 is 1.59 bits per heavy atom. The number of nitrogens with one attached hydrogen (secondary N) is 1. The van der Waals surface area contributed by atoms with Crippen LogP contribution >= 0.6 is 11.3 Å². The number of piperidine rings is 1. The Labute approximate surface area is 105 Å². The largest absolute Gasteiger partial charge is 0.325 e. The fraction of sp³-hybridized carbons (Fsp3) is 0.500. The molecule has 1 saturated heterocycles. The van der Waals surface area contributed by atoms with Crippen LogP contribution in [-0.4, -0.2) is 23.4 Å². The van der Waals surface area contributed by atoms with Crippen LogP contribution in [-0.2, 0) is 6.54 Å². The minimum atomic E-state index is -0.192. The molecule has 2 aliphatic heterocycles. The van der Waals surface area contributed by atoms with Gasteiger partial charge in [-0.15, -0.1) is 11.3 Å². The molecule has 2 aliphatic rings. The zero-order chi connectivity index (χ0) is 11.9. The molecule has 1 aromatic heterocycles. The van der Waals surface area contributed by atoms with Gasteiger partial charge in [-0.05, 0) is 31.9 Å². The van der Waals surface area contributed by atoms with Gasteiger partial charge >= 0.3 is 0 Å². The van der Waals surface area contributed by atoms with Crippen molar-refractivity contribution < 1.29 is 0 Å². The van der Waals surface area contributed by atoms with Crippen molar-refractivity contribution in [3.8, 4) is 0 Å². The zero-order valence-electron chi connectivity index (χ0n) is 9.86. The molecule has 90 valence electrons. The number of allylic oxidation sites excluding steroid dienone is 1. The van der Waals surface area contributed by atoms with Crippen LogP contribution in [0.1, 0.15) is 30.5 Å². The number of thiazole rings is 1. The molecule has 17 heavy (non-hydrogen) atoms. The van der Waals surface area contributed by atoms with E-state index in [9.17, 15) is 0 Å². The second-order valence-corrected chi connectivity index (χ2v) is 5.46. The minimum absolute atomic E-state index is 0.192. The molecule has 3 N–H and O–H groups in total. The lowest BCUT2D eigenvalue weighted by molar-refractivity contribution is 0.384. The molecule has 1 fully saturated rings. The van der Waals surface area contributed by atoms with Crippen molar-refractivity contribution in [3.05, 3.63) is 21.7 Å². The van der Waals surface area contributed by atoms with Crippen LogP contribution in [0, 0.1) is 0 Å². The van der Waals surface area contributed by atoms with Gasteiger partial charge in [-0.2, -0.15) is 0 Å². The average Bonchev–Trinajstić information content (AvgIpc) is 2.91. The van der Waals surface area contributed by atoms with Gasteiger partial charge in [0.2, 0.25) is 0 Å². The number of fused-ring (bicyclic) bond motifs is 1. The molecular formula is C12H16N4S. The first-order chi connectivity index (χ1) is 8.23. The lowest BCUT2D eigenvalue weighted by Gasteiger charge is -2.31. The Kier molecular flexibility index (Phi) is 2.61. The van der Waals surface area contributed by atoms with Crippen LogP contribution < -0.4 is 11.1 Å².